The van der Waals surface area contributed by atoms with Crippen LogP contribution in [0.3, 0.4) is 0 Å². The predicted octanol–water partition coefficient (Wildman–Crippen LogP) is 8.12. The highest BCUT2D eigenvalue weighted by Gasteiger charge is 2.31. The number of aromatic nitrogens is 3. The van der Waals surface area contributed by atoms with E-state index in [1.165, 1.54) is 35.3 Å². The smallest absolute Gasteiger partial charge is 0.497 e. The van der Waals surface area contributed by atoms with Gasteiger partial charge in [-0.2, -0.15) is 4.99 Å². The van der Waals surface area contributed by atoms with Gasteiger partial charge in [0.05, 0.1) is 24.5 Å². The van der Waals surface area contributed by atoms with E-state index in [4.69, 9.17) is 4.74 Å². The average molecular weight is 653 g/mol. The lowest BCUT2D eigenvalue weighted by Crippen LogP contribution is -2.42. The molecule has 0 aliphatic carbocycles. The fourth-order valence-corrected chi connectivity index (χ4v) is 6.32. The van der Waals surface area contributed by atoms with Crippen molar-refractivity contribution < 1.29 is 27.4 Å². The van der Waals surface area contributed by atoms with Crippen LogP contribution in [0.25, 0.3) is 17.1 Å². The highest BCUT2D eigenvalue weighted by atomic mass is 32.2. The number of amides is 2. The quantitative estimate of drug-likeness (QED) is 0.205. The van der Waals surface area contributed by atoms with Crippen molar-refractivity contribution in [1.82, 2.24) is 20.1 Å². The highest BCUT2D eigenvalue weighted by molar-refractivity contribution is 8.14. The molecule has 2 heterocycles. The number of aliphatic imine (C=N–C) groups is 1. The summed E-state index contributed by atoms with van der Waals surface area (Å²) in [6.45, 7) is 8.32. The topological polar surface area (TPSA) is 93.9 Å². The number of amidine groups is 1. The first-order valence-corrected chi connectivity index (χ1v) is 15.8. The molecular formula is C33H35F3N6O3S. The second kappa shape index (κ2) is 13.9. The summed E-state index contributed by atoms with van der Waals surface area (Å²) in [4.78, 5) is 24.2. The van der Waals surface area contributed by atoms with Gasteiger partial charge in [0.15, 0.2) is 11.0 Å². The second-order valence-corrected chi connectivity index (χ2v) is 12.2. The number of urea groups is 1. The summed E-state index contributed by atoms with van der Waals surface area (Å²) in [5, 5.41) is 8.09. The first kappa shape index (κ1) is 32.9. The number of benzene rings is 3. The SMILES string of the molecule is COc1ccc(C(C)C)c(N2C(=NC(=O)NC(C)c3ccc(-c4ncn(-c5ccc(OC(F)(F)F)cc5)n4)cc3)SCCC2C)c1. The van der Waals surface area contributed by atoms with E-state index in [2.05, 4.69) is 56.9 Å². The maximum atomic E-state index is 13.2. The minimum Gasteiger partial charge on any atom is -0.497 e. The normalized spacial score (nSPS) is 16.8. The van der Waals surface area contributed by atoms with E-state index in [0.717, 1.165) is 40.3 Å². The molecule has 13 heteroatoms. The van der Waals surface area contributed by atoms with Crippen molar-refractivity contribution in [3.05, 3.63) is 84.2 Å². The maximum absolute atomic E-state index is 13.2. The van der Waals surface area contributed by atoms with Crippen LogP contribution in [0.2, 0.25) is 0 Å². The van der Waals surface area contributed by atoms with Crippen LogP contribution in [-0.2, 0) is 0 Å². The van der Waals surface area contributed by atoms with Crippen molar-refractivity contribution in [1.29, 1.82) is 0 Å². The summed E-state index contributed by atoms with van der Waals surface area (Å²) < 4.78 is 48.2. The van der Waals surface area contributed by atoms with E-state index in [1.807, 2.05) is 43.3 Å². The van der Waals surface area contributed by atoms with Crippen LogP contribution >= 0.6 is 11.8 Å². The monoisotopic (exact) mass is 652 g/mol. The Morgan fingerprint density at radius 2 is 1.74 bits per heavy atom. The number of hydrogen-bond donors (Lipinski definition) is 1. The van der Waals surface area contributed by atoms with E-state index in [9.17, 15) is 18.0 Å². The lowest BCUT2D eigenvalue weighted by molar-refractivity contribution is -0.274. The van der Waals surface area contributed by atoms with Gasteiger partial charge in [0.2, 0.25) is 0 Å². The minimum atomic E-state index is -4.76. The molecule has 242 valence electrons. The zero-order chi connectivity index (χ0) is 33.0. The molecule has 1 aromatic heterocycles. The predicted molar refractivity (Wildman–Crippen MR) is 174 cm³/mol. The third kappa shape index (κ3) is 7.82. The van der Waals surface area contributed by atoms with Crippen molar-refractivity contribution in [2.24, 2.45) is 4.99 Å². The molecule has 0 saturated carbocycles. The largest absolute Gasteiger partial charge is 0.573 e. The number of methoxy groups -OCH3 is 1. The molecule has 2 amide bonds. The Kier molecular flexibility index (Phi) is 9.90. The Morgan fingerprint density at radius 1 is 1.04 bits per heavy atom. The molecule has 4 aromatic rings. The number of nitrogens with zero attached hydrogens (tertiary/aromatic N) is 5. The number of alkyl halides is 3. The molecule has 1 aliphatic rings. The third-order valence-corrected chi connectivity index (χ3v) is 8.55. The molecule has 0 bridgehead atoms. The third-order valence-electron chi connectivity index (χ3n) is 7.57. The maximum Gasteiger partial charge on any atom is 0.573 e. The standard InChI is InChI=1S/C33H35F3N6O3S/c1-20(2)28-15-14-27(44-5)18-29(28)42-21(3)16-17-46-32(42)39-31(43)38-22(4)23-6-8-24(9-7-23)30-37-19-41(40-30)25-10-12-26(13-11-25)45-33(34,35)36/h6-15,18-22H,16-17H2,1-5H3,(H,38,43). The van der Waals surface area contributed by atoms with Crippen LogP contribution < -0.4 is 19.7 Å². The first-order valence-electron chi connectivity index (χ1n) is 14.8. The molecular weight excluding hydrogens is 617 g/mol. The van der Waals surface area contributed by atoms with Crippen molar-refractivity contribution in [2.45, 2.75) is 58.5 Å². The fourth-order valence-electron chi connectivity index (χ4n) is 5.11. The Labute approximate surface area is 269 Å². The number of halogens is 3. The van der Waals surface area contributed by atoms with Crippen molar-refractivity contribution in [3.8, 4) is 28.6 Å². The highest BCUT2D eigenvalue weighted by Crippen LogP contribution is 2.37. The average Bonchev–Trinajstić information content (AvgIpc) is 3.51. The van der Waals surface area contributed by atoms with Gasteiger partial charge in [-0.1, -0.05) is 55.9 Å². The number of carbonyl (C=O) groups is 1. The van der Waals surface area contributed by atoms with Gasteiger partial charge in [0.25, 0.3) is 0 Å². The number of carbonyl (C=O) groups excluding carboxylic acids is 1. The Balaban J connectivity index is 1.27. The minimum absolute atomic E-state index is 0.155. The zero-order valence-electron chi connectivity index (χ0n) is 26.1. The molecule has 3 aromatic carbocycles. The molecule has 2 unspecified atom stereocenters. The molecule has 5 rings (SSSR count). The molecule has 9 nitrogen and oxygen atoms in total. The van der Waals surface area contributed by atoms with Gasteiger partial charge in [-0.3, -0.25) is 0 Å². The number of nitrogens with one attached hydrogen (secondary N) is 1. The van der Waals surface area contributed by atoms with Gasteiger partial charge in [0, 0.05) is 23.4 Å². The Bertz CT molecular complexity index is 1690. The van der Waals surface area contributed by atoms with E-state index < -0.39 is 12.4 Å². The molecule has 1 saturated heterocycles. The zero-order valence-corrected chi connectivity index (χ0v) is 26.9. The number of rotatable bonds is 8. The molecule has 0 spiro atoms. The molecule has 1 aliphatic heterocycles. The van der Waals surface area contributed by atoms with Crippen molar-refractivity contribution in [2.75, 3.05) is 17.8 Å². The Hall–Kier alpha value is -4.52. The summed E-state index contributed by atoms with van der Waals surface area (Å²) in [5.74, 6) is 2.01. The Morgan fingerprint density at radius 3 is 2.39 bits per heavy atom. The van der Waals surface area contributed by atoms with E-state index in [-0.39, 0.29) is 23.8 Å². The lowest BCUT2D eigenvalue weighted by Gasteiger charge is -2.37. The van der Waals surface area contributed by atoms with Crippen LogP contribution in [0.1, 0.15) is 57.2 Å². The van der Waals surface area contributed by atoms with E-state index in [0.29, 0.717) is 16.7 Å². The molecule has 46 heavy (non-hydrogen) atoms. The second-order valence-electron chi connectivity index (χ2n) is 11.2. The lowest BCUT2D eigenvalue weighted by atomic mass is 9.99. The summed E-state index contributed by atoms with van der Waals surface area (Å²) >= 11 is 1.56. The van der Waals surface area contributed by atoms with E-state index >= 15 is 0 Å². The summed E-state index contributed by atoms with van der Waals surface area (Å²) in [6.07, 6.45) is -2.32. The van der Waals surface area contributed by atoms with Gasteiger partial charge in [0.1, 0.15) is 17.8 Å². The molecule has 1 fully saturated rings. The van der Waals surface area contributed by atoms with Crippen molar-refractivity contribution >= 4 is 28.6 Å². The summed E-state index contributed by atoms with van der Waals surface area (Å²) in [6, 6.07) is 18.2. The van der Waals surface area contributed by atoms with Gasteiger partial charge in [-0.25, -0.2) is 14.5 Å². The number of hydrogen-bond acceptors (Lipinski definition) is 6. The van der Waals surface area contributed by atoms with Gasteiger partial charge in [-0.05, 0) is 67.6 Å². The van der Waals surface area contributed by atoms with Crippen molar-refractivity contribution in [3.63, 3.8) is 0 Å². The first-order chi connectivity index (χ1) is 21.9. The van der Waals surface area contributed by atoms with Crippen LogP contribution in [0.15, 0.2) is 78.0 Å². The van der Waals surface area contributed by atoms with Crippen LogP contribution in [0.4, 0.5) is 23.7 Å². The summed E-state index contributed by atoms with van der Waals surface area (Å²) in [5.41, 5.74) is 4.28. The van der Waals surface area contributed by atoms with Crippen LogP contribution in [-0.4, -0.2) is 51.2 Å². The molecule has 1 N–H and O–H groups in total. The summed E-state index contributed by atoms with van der Waals surface area (Å²) in [7, 11) is 1.64. The molecule has 0 radical (unpaired) electrons. The number of thioether (sulfide) groups is 1. The van der Waals surface area contributed by atoms with Crippen LogP contribution in [0, 0.1) is 0 Å². The van der Waals surface area contributed by atoms with Gasteiger partial charge < -0.3 is 19.7 Å². The van der Waals surface area contributed by atoms with E-state index in [1.54, 1.807) is 18.9 Å². The molecule has 2 atom stereocenters. The van der Waals surface area contributed by atoms with Gasteiger partial charge in [-0.15, -0.1) is 18.3 Å². The number of anilines is 1. The van der Waals surface area contributed by atoms with Gasteiger partial charge >= 0.3 is 12.4 Å². The fraction of sp³-hybridized carbons (Fsp3) is 0.333. The van der Waals surface area contributed by atoms with Crippen LogP contribution in [0.5, 0.6) is 11.5 Å². The number of ether oxygens (including phenoxy) is 2.